The molecular weight excluding hydrogens is 326 g/mol. The monoisotopic (exact) mass is 353 g/mol. The molecule has 0 unspecified atom stereocenters. The van der Waals surface area contributed by atoms with Crippen LogP contribution < -0.4 is 10.1 Å². The van der Waals surface area contributed by atoms with Crippen molar-refractivity contribution >= 4 is 11.9 Å². The van der Waals surface area contributed by atoms with Crippen molar-refractivity contribution in [3.8, 4) is 5.75 Å². The summed E-state index contributed by atoms with van der Waals surface area (Å²) in [5, 5.41) is 2.75. The number of carbonyl (C=O) groups excluding carboxylic acids is 2. The van der Waals surface area contributed by atoms with Crippen molar-refractivity contribution in [3.05, 3.63) is 65.2 Å². The van der Waals surface area contributed by atoms with Crippen LogP contribution in [0, 0.1) is 0 Å². The average Bonchev–Trinajstić information content (AvgIpc) is 2.61. The molecule has 0 atom stereocenters. The smallest absolute Gasteiger partial charge is 0.312 e. The summed E-state index contributed by atoms with van der Waals surface area (Å²) in [7, 11) is 0. The highest BCUT2D eigenvalue weighted by atomic mass is 16.5. The minimum Gasteiger partial charge on any atom is -0.426 e. The summed E-state index contributed by atoms with van der Waals surface area (Å²) in [5.41, 5.74) is 3.00. The van der Waals surface area contributed by atoms with Crippen LogP contribution in [0.2, 0.25) is 0 Å². The van der Waals surface area contributed by atoms with E-state index in [2.05, 4.69) is 33.0 Å². The first kappa shape index (κ1) is 19.7. The Labute approximate surface area is 155 Å². The van der Waals surface area contributed by atoms with Gasteiger partial charge >= 0.3 is 5.97 Å². The molecule has 26 heavy (non-hydrogen) atoms. The maximum atomic E-state index is 12.2. The van der Waals surface area contributed by atoms with Gasteiger partial charge in [0, 0.05) is 12.1 Å². The van der Waals surface area contributed by atoms with Gasteiger partial charge in [0.1, 0.15) is 5.75 Å². The number of carbonyl (C=O) groups is 2. The van der Waals surface area contributed by atoms with Crippen LogP contribution in [0.3, 0.4) is 0 Å². The summed E-state index contributed by atoms with van der Waals surface area (Å²) < 4.78 is 5.26. The molecule has 1 amide bonds. The molecule has 4 heteroatoms. The molecule has 2 rings (SSSR count). The summed E-state index contributed by atoms with van der Waals surface area (Å²) in [5.74, 6) is -0.0283. The summed E-state index contributed by atoms with van der Waals surface area (Å²) >= 11 is 0. The molecule has 0 spiro atoms. The first-order valence-corrected chi connectivity index (χ1v) is 8.98. The van der Waals surface area contributed by atoms with Crippen LogP contribution in [-0.2, 0) is 16.6 Å². The van der Waals surface area contributed by atoms with Crippen LogP contribution >= 0.6 is 0 Å². The van der Waals surface area contributed by atoms with Gasteiger partial charge in [0.05, 0.1) is 6.42 Å². The molecule has 0 bridgehead atoms. The topological polar surface area (TPSA) is 55.4 Å². The Morgan fingerprint density at radius 2 is 1.58 bits per heavy atom. The second-order valence-corrected chi connectivity index (χ2v) is 7.30. The molecule has 138 valence electrons. The molecule has 0 fully saturated rings. The minimum absolute atomic E-state index is 0.0497. The van der Waals surface area contributed by atoms with E-state index in [4.69, 9.17) is 4.74 Å². The number of aryl methyl sites for hydroxylation is 1. The Kier molecular flexibility index (Phi) is 6.56. The number of ether oxygens (including phenoxy) is 1. The molecule has 0 saturated carbocycles. The van der Waals surface area contributed by atoms with Crippen LogP contribution in [0.1, 0.15) is 55.6 Å². The lowest BCUT2D eigenvalue weighted by Crippen LogP contribution is -2.27. The van der Waals surface area contributed by atoms with E-state index in [1.165, 1.54) is 11.1 Å². The summed E-state index contributed by atoms with van der Waals surface area (Å²) in [6.45, 7) is 8.70. The molecule has 0 aliphatic rings. The number of benzene rings is 2. The Bertz CT molecular complexity index is 740. The SMILES string of the molecule is CCc1ccc(OC(=O)CCNC(=O)c2ccc(C(C)(C)C)cc2)cc1. The maximum absolute atomic E-state index is 12.2. The lowest BCUT2D eigenvalue weighted by molar-refractivity contribution is -0.134. The van der Waals surface area contributed by atoms with Gasteiger partial charge in [-0.3, -0.25) is 9.59 Å². The first-order valence-electron chi connectivity index (χ1n) is 8.98. The van der Waals surface area contributed by atoms with Crippen molar-refractivity contribution in [3.63, 3.8) is 0 Å². The molecule has 0 aliphatic carbocycles. The molecule has 0 aromatic heterocycles. The third-order valence-corrected chi connectivity index (χ3v) is 4.19. The van der Waals surface area contributed by atoms with Crippen LogP contribution in [0.15, 0.2) is 48.5 Å². The number of rotatable bonds is 6. The Morgan fingerprint density at radius 1 is 0.962 bits per heavy atom. The van der Waals surface area contributed by atoms with Gasteiger partial charge in [-0.15, -0.1) is 0 Å². The normalized spacial score (nSPS) is 11.1. The van der Waals surface area contributed by atoms with Crippen LogP contribution in [0.25, 0.3) is 0 Å². The second-order valence-electron chi connectivity index (χ2n) is 7.30. The zero-order valence-electron chi connectivity index (χ0n) is 16.0. The van der Waals surface area contributed by atoms with Gasteiger partial charge in [0.25, 0.3) is 5.91 Å². The van der Waals surface area contributed by atoms with Crippen LogP contribution in [-0.4, -0.2) is 18.4 Å². The van der Waals surface area contributed by atoms with Crippen molar-refractivity contribution in [2.45, 2.75) is 46.0 Å². The molecule has 0 saturated heterocycles. The van der Waals surface area contributed by atoms with E-state index in [0.717, 1.165) is 6.42 Å². The third kappa shape index (κ3) is 5.73. The van der Waals surface area contributed by atoms with Gasteiger partial charge < -0.3 is 10.1 Å². The van der Waals surface area contributed by atoms with Crippen LogP contribution in [0.5, 0.6) is 5.75 Å². The highest BCUT2D eigenvalue weighted by molar-refractivity contribution is 5.94. The van der Waals surface area contributed by atoms with Crippen molar-refractivity contribution in [1.29, 1.82) is 0 Å². The first-order chi connectivity index (χ1) is 12.3. The van der Waals surface area contributed by atoms with Gasteiger partial charge in [-0.1, -0.05) is 52.0 Å². The van der Waals surface area contributed by atoms with Crippen molar-refractivity contribution in [2.75, 3.05) is 6.54 Å². The van der Waals surface area contributed by atoms with Crippen molar-refractivity contribution in [2.24, 2.45) is 0 Å². The number of hydrogen-bond donors (Lipinski definition) is 1. The van der Waals surface area contributed by atoms with Gasteiger partial charge in [-0.05, 0) is 47.2 Å². The fourth-order valence-corrected chi connectivity index (χ4v) is 2.48. The van der Waals surface area contributed by atoms with Crippen molar-refractivity contribution < 1.29 is 14.3 Å². The molecule has 0 aliphatic heterocycles. The fourth-order valence-electron chi connectivity index (χ4n) is 2.48. The molecule has 0 heterocycles. The fraction of sp³-hybridized carbons (Fsp3) is 0.364. The molecule has 2 aromatic rings. The quantitative estimate of drug-likeness (QED) is 0.623. The molecule has 4 nitrogen and oxygen atoms in total. The van der Waals surface area contributed by atoms with E-state index in [1.807, 2.05) is 36.4 Å². The van der Waals surface area contributed by atoms with E-state index in [9.17, 15) is 9.59 Å². The zero-order valence-corrected chi connectivity index (χ0v) is 16.0. The number of esters is 1. The van der Waals surface area contributed by atoms with E-state index in [1.54, 1.807) is 12.1 Å². The second kappa shape index (κ2) is 8.65. The summed E-state index contributed by atoms with van der Waals surface area (Å²) in [6, 6.07) is 15.0. The third-order valence-electron chi connectivity index (χ3n) is 4.19. The van der Waals surface area contributed by atoms with E-state index in [0.29, 0.717) is 11.3 Å². The number of hydrogen-bond acceptors (Lipinski definition) is 3. The number of amides is 1. The standard InChI is InChI=1S/C22H27NO3/c1-5-16-6-12-19(13-7-16)26-20(24)14-15-23-21(25)17-8-10-18(11-9-17)22(2,3)4/h6-13H,5,14-15H2,1-4H3,(H,23,25). The van der Waals surface area contributed by atoms with Gasteiger partial charge in [0.2, 0.25) is 0 Å². The lowest BCUT2D eigenvalue weighted by atomic mass is 9.87. The minimum atomic E-state index is -0.363. The highest BCUT2D eigenvalue weighted by Crippen LogP contribution is 2.22. The van der Waals surface area contributed by atoms with E-state index in [-0.39, 0.29) is 30.3 Å². The molecule has 1 N–H and O–H groups in total. The number of nitrogens with one attached hydrogen (secondary N) is 1. The summed E-state index contributed by atoms with van der Waals surface area (Å²) in [6.07, 6.45) is 1.07. The predicted molar refractivity (Wildman–Crippen MR) is 104 cm³/mol. The largest absolute Gasteiger partial charge is 0.426 e. The van der Waals surface area contributed by atoms with Gasteiger partial charge in [0.15, 0.2) is 0 Å². The average molecular weight is 353 g/mol. The highest BCUT2D eigenvalue weighted by Gasteiger charge is 2.14. The Balaban J connectivity index is 1.79. The summed E-state index contributed by atoms with van der Waals surface area (Å²) in [4.78, 5) is 24.0. The van der Waals surface area contributed by atoms with E-state index < -0.39 is 0 Å². The molecule has 2 aromatic carbocycles. The predicted octanol–water partition coefficient (Wildman–Crippen LogP) is 4.27. The van der Waals surface area contributed by atoms with Gasteiger partial charge in [-0.25, -0.2) is 0 Å². The van der Waals surface area contributed by atoms with E-state index >= 15 is 0 Å². The Morgan fingerprint density at radius 3 is 2.12 bits per heavy atom. The maximum Gasteiger partial charge on any atom is 0.312 e. The zero-order chi connectivity index (χ0) is 19.2. The molecular formula is C22H27NO3. The van der Waals surface area contributed by atoms with Crippen molar-refractivity contribution in [1.82, 2.24) is 5.32 Å². The Hall–Kier alpha value is -2.62. The molecule has 0 radical (unpaired) electrons. The van der Waals surface area contributed by atoms with Gasteiger partial charge in [-0.2, -0.15) is 0 Å². The van der Waals surface area contributed by atoms with Crippen LogP contribution in [0.4, 0.5) is 0 Å². The lowest BCUT2D eigenvalue weighted by Gasteiger charge is -2.19.